The highest BCUT2D eigenvalue weighted by Gasteiger charge is 2.60. The molecule has 3 heterocycles. The molecule has 0 spiro atoms. The minimum absolute atomic E-state index is 0.0818. The van der Waals surface area contributed by atoms with Crippen molar-refractivity contribution in [3.05, 3.63) is 112 Å². The van der Waals surface area contributed by atoms with E-state index in [1.54, 1.807) is 81.5 Å². The molecular formula is C44H62N2O12. The minimum Gasteiger partial charge on any atom is -0.507 e. The number of carbonyl (C=O) groups is 2. The number of aliphatic hydroxyl groups is 5. The number of aromatic nitrogens is 1. The van der Waals surface area contributed by atoms with Crippen molar-refractivity contribution < 1.29 is 54.4 Å². The monoisotopic (exact) mass is 810 g/mol. The molecule has 2 aliphatic heterocycles. The summed E-state index contributed by atoms with van der Waals surface area (Å²) < 4.78 is 19.0. The number of amides is 1. The Labute approximate surface area is 340 Å². The third kappa shape index (κ3) is 10.9. The van der Waals surface area contributed by atoms with Gasteiger partial charge >= 0.3 is 0 Å². The fourth-order valence-corrected chi connectivity index (χ4v) is 7.27. The van der Waals surface area contributed by atoms with Crippen molar-refractivity contribution >= 4 is 11.7 Å². The molecule has 7 N–H and O–H groups in total. The summed E-state index contributed by atoms with van der Waals surface area (Å²) in [4.78, 5) is 38.4. The standard InChI is InChI=1S/C44H62N2O12/c1-10-12-14-22-32-43(6,7)39(51)40(52)44(55,58-32)29(11-2)41(53)45-24-18-17-20-27(4)37(56-9)28(5)38-36(50)35(49)31(57-38)21-16-13-15-19-26(3)34(48)33-30(47)23-25-46(8)42(33)54/h10,12-23,25,28-29,31-32,35-40,47,49-52,55H,11,24H2,1-9H3,(H,45,53)/t28-,29+,31-,32-,35-,36+,37+,38-,39-,40+,44-/m0/s1. The summed E-state index contributed by atoms with van der Waals surface area (Å²) in [5.74, 6) is -5.51. The van der Waals surface area contributed by atoms with Gasteiger partial charge in [-0.3, -0.25) is 14.4 Å². The summed E-state index contributed by atoms with van der Waals surface area (Å²) in [6.45, 7) is 12.2. The second-order valence-corrected chi connectivity index (χ2v) is 15.5. The van der Waals surface area contributed by atoms with Crippen molar-refractivity contribution in [2.24, 2.45) is 24.3 Å². The van der Waals surface area contributed by atoms with Crippen LogP contribution in [-0.4, -0.2) is 115 Å². The molecule has 2 fully saturated rings. The van der Waals surface area contributed by atoms with Gasteiger partial charge in [0.05, 0.1) is 30.3 Å². The third-order valence-electron chi connectivity index (χ3n) is 11.0. The largest absolute Gasteiger partial charge is 0.507 e. The van der Waals surface area contributed by atoms with Crippen LogP contribution in [0.15, 0.2) is 101 Å². The number of hydrogen-bond acceptors (Lipinski definition) is 12. The number of rotatable bonds is 17. The van der Waals surface area contributed by atoms with Gasteiger partial charge < -0.3 is 54.7 Å². The molecule has 14 nitrogen and oxygen atoms in total. The maximum Gasteiger partial charge on any atom is 0.265 e. The van der Waals surface area contributed by atoms with Crippen molar-refractivity contribution in [2.75, 3.05) is 13.7 Å². The van der Waals surface area contributed by atoms with Crippen LogP contribution in [0.3, 0.4) is 0 Å². The Balaban J connectivity index is 1.61. The minimum atomic E-state index is -2.34. The molecule has 58 heavy (non-hydrogen) atoms. The van der Waals surface area contributed by atoms with Crippen molar-refractivity contribution in [3.63, 3.8) is 0 Å². The lowest BCUT2D eigenvalue weighted by atomic mass is 9.71. The number of ketones is 1. The summed E-state index contributed by atoms with van der Waals surface area (Å²) >= 11 is 0. The van der Waals surface area contributed by atoms with E-state index in [1.165, 1.54) is 44.0 Å². The van der Waals surface area contributed by atoms with E-state index in [9.17, 15) is 45.0 Å². The molecule has 1 aromatic heterocycles. The molecule has 0 radical (unpaired) electrons. The molecule has 14 heteroatoms. The average molecular weight is 811 g/mol. The molecule has 0 saturated carbocycles. The van der Waals surface area contributed by atoms with Gasteiger partial charge in [-0.1, -0.05) is 101 Å². The Morgan fingerprint density at radius 1 is 1.00 bits per heavy atom. The van der Waals surface area contributed by atoms with Crippen molar-refractivity contribution in [3.8, 4) is 5.75 Å². The fourth-order valence-electron chi connectivity index (χ4n) is 7.27. The number of methoxy groups -OCH3 is 1. The molecular weight excluding hydrogens is 748 g/mol. The summed E-state index contributed by atoms with van der Waals surface area (Å²) in [6.07, 6.45) is 13.0. The number of nitrogens with zero attached hydrogens (tertiary/aromatic N) is 1. The SMILES string of the molecule is CC=CC=C[C@@H]1O[C@@](O)([C@H](CC)C(=O)NCC=CC=C(C)[C@@H](OC)[C@H](C)[C@@H]2O[C@@H](C=CC=CC=C(C)C(=O)c3c(O)ccn(C)c3=O)[C@H](O)[C@H]2O)[C@H](O)[C@H](O)C1(C)C. The lowest BCUT2D eigenvalue weighted by Crippen LogP contribution is -2.69. The predicted octanol–water partition coefficient (Wildman–Crippen LogP) is 3.09. The van der Waals surface area contributed by atoms with E-state index in [2.05, 4.69) is 5.32 Å². The van der Waals surface area contributed by atoms with E-state index in [-0.39, 0.29) is 24.1 Å². The maximum absolute atomic E-state index is 13.3. The molecule has 1 amide bonds. The van der Waals surface area contributed by atoms with Crippen LogP contribution >= 0.6 is 0 Å². The fraction of sp³-hybridized carbons (Fsp3) is 0.523. The first-order chi connectivity index (χ1) is 27.3. The van der Waals surface area contributed by atoms with Crippen LogP contribution in [-0.2, 0) is 26.1 Å². The van der Waals surface area contributed by atoms with E-state index in [4.69, 9.17) is 14.2 Å². The maximum atomic E-state index is 13.3. The van der Waals surface area contributed by atoms with Gasteiger partial charge in [0.2, 0.25) is 11.7 Å². The van der Waals surface area contributed by atoms with Crippen LogP contribution in [0.2, 0.25) is 0 Å². The van der Waals surface area contributed by atoms with Gasteiger partial charge in [-0.2, -0.15) is 0 Å². The van der Waals surface area contributed by atoms with Crippen molar-refractivity contribution in [2.45, 2.75) is 110 Å². The third-order valence-corrected chi connectivity index (χ3v) is 11.0. The number of pyridine rings is 1. The summed E-state index contributed by atoms with van der Waals surface area (Å²) in [5, 5.41) is 68.0. The normalized spacial score (nSPS) is 29.9. The first-order valence-corrected chi connectivity index (χ1v) is 19.5. The molecule has 2 saturated heterocycles. The highest BCUT2D eigenvalue weighted by molar-refractivity contribution is 6.09. The topological polar surface area (TPSA) is 217 Å². The Morgan fingerprint density at radius 3 is 2.31 bits per heavy atom. The van der Waals surface area contributed by atoms with Gasteiger partial charge in [0.25, 0.3) is 5.56 Å². The summed E-state index contributed by atoms with van der Waals surface area (Å²) in [7, 11) is 3.01. The van der Waals surface area contributed by atoms with Crippen molar-refractivity contribution in [1.82, 2.24) is 9.88 Å². The first kappa shape index (κ1) is 48.1. The predicted molar refractivity (Wildman–Crippen MR) is 220 cm³/mol. The molecule has 0 aromatic carbocycles. The summed E-state index contributed by atoms with van der Waals surface area (Å²) in [6, 6.07) is 1.27. The zero-order chi connectivity index (χ0) is 43.5. The van der Waals surface area contributed by atoms with E-state index < -0.39 is 94.9 Å². The van der Waals surface area contributed by atoms with Gasteiger partial charge in [-0.15, -0.1) is 0 Å². The quantitative estimate of drug-likeness (QED) is 0.0687. The molecule has 0 bridgehead atoms. The van der Waals surface area contributed by atoms with Gasteiger partial charge in [-0.05, 0) is 44.4 Å². The van der Waals surface area contributed by atoms with E-state index in [0.717, 1.165) is 5.57 Å². The zero-order valence-corrected chi connectivity index (χ0v) is 34.9. The van der Waals surface area contributed by atoms with Gasteiger partial charge in [0.15, 0.2) is 5.78 Å². The highest BCUT2D eigenvalue weighted by atomic mass is 16.7. The molecule has 1 aromatic rings. The van der Waals surface area contributed by atoms with Crippen LogP contribution < -0.4 is 10.9 Å². The van der Waals surface area contributed by atoms with Gasteiger partial charge in [0, 0.05) is 38.2 Å². The number of aromatic hydroxyl groups is 1. The second-order valence-electron chi connectivity index (χ2n) is 15.5. The van der Waals surface area contributed by atoms with Gasteiger partial charge in [-0.25, -0.2) is 0 Å². The number of carbonyl (C=O) groups excluding carboxylic acids is 2. The molecule has 11 atom stereocenters. The number of hydrogen-bond donors (Lipinski definition) is 7. The Bertz CT molecular complexity index is 1860. The van der Waals surface area contributed by atoms with Gasteiger partial charge in [0.1, 0.15) is 35.7 Å². The molecule has 2 aliphatic rings. The molecule has 3 rings (SSSR count). The Kier molecular flexibility index (Phi) is 17.5. The molecule has 0 unspecified atom stereocenters. The first-order valence-electron chi connectivity index (χ1n) is 19.5. The number of allylic oxidation sites excluding steroid dienone is 10. The van der Waals surface area contributed by atoms with Crippen LogP contribution in [0.1, 0.15) is 65.2 Å². The van der Waals surface area contributed by atoms with E-state index in [0.29, 0.717) is 0 Å². The lowest BCUT2D eigenvalue weighted by molar-refractivity contribution is -0.359. The number of ether oxygens (including phenoxy) is 3. The molecule has 0 aliphatic carbocycles. The Morgan fingerprint density at radius 2 is 1.67 bits per heavy atom. The second kappa shape index (κ2) is 21.1. The Hall–Kier alpha value is -4.25. The smallest absolute Gasteiger partial charge is 0.265 e. The van der Waals surface area contributed by atoms with E-state index >= 15 is 0 Å². The van der Waals surface area contributed by atoms with Crippen LogP contribution in [0.25, 0.3) is 0 Å². The molecule has 320 valence electrons. The van der Waals surface area contributed by atoms with Crippen LogP contribution in [0.5, 0.6) is 5.75 Å². The summed E-state index contributed by atoms with van der Waals surface area (Å²) in [5.41, 5.74) is -0.881. The van der Waals surface area contributed by atoms with Crippen LogP contribution in [0, 0.1) is 17.3 Å². The zero-order valence-electron chi connectivity index (χ0n) is 34.9. The number of aliphatic hydroxyl groups excluding tert-OH is 4. The number of nitrogens with one attached hydrogen (secondary N) is 1. The van der Waals surface area contributed by atoms with E-state index in [1.807, 2.05) is 26.8 Å². The van der Waals surface area contributed by atoms with Crippen molar-refractivity contribution in [1.29, 1.82) is 0 Å². The highest BCUT2D eigenvalue weighted by Crippen LogP contribution is 2.44. The van der Waals surface area contributed by atoms with Crippen LogP contribution in [0.4, 0.5) is 0 Å². The lowest BCUT2D eigenvalue weighted by Gasteiger charge is -2.53. The number of Topliss-reactive ketones (excluding diaryl/α,β-unsaturated/α-hetero) is 1. The number of aryl methyl sites for hydroxylation is 1. The average Bonchev–Trinajstić information content (AvgIpc) is 3.46.